The minimum Gasteiger partial charge on any atom is -0.316 e. The molecule has 1 N–H and O–H groups in total. The molecule has 3 rings (SSSR count). The van der Waals surface area contributed by atoms with E-state index in [-0.39, 0.29) is 24.8 Å². The molecule has 0 aromatic heterocycles. The zero-order valence-corrected chi connectivity index (χ0v) is 11.5. The summed E-state index contributed by atoms with van der Waals surface area (Å²) in [6, 6.07) is 0.974. The zero-order valence-electron chi connectivity index (χ0n) is 9.91. The summed E-state index contributed by atoms with van der Waals surface area (Å²) >= 11 is 0. The summed E-state index contributed by atoms with van der Waals surface area (Å²) in [5, 5.41) is 3.54. The van der Waals surface area contributed by atoms with Gasteiger partial charge in [-0.15, -0.1) is 24.8 Å². The molecule has 2 aliphatic heterocycles. The van der Waals surface area contributed by atoms with Crippen molar-refractivity contribution in [1.29, 1.82) is 0 Å². The van der Waals surface area contributed by atoms with Crippen LogP contribution in [0.2, 0.25) is 0 Å². The molecule has 0 atom stereocenters. The number of likely N-dealkylation sites (tertiary alicyclic amines) is 1. The first-order valence-electron chi connectivity index (χ1n) is 6.33. The third kappa shape index (κ3) is 2.66. The van der Waals surface area contributed by atoms with E-state index in [1.165, 1.54) is 64.7 Å². The van der Waals surface area contributed by atoms with Crippen LogP contribution in [0.5, 0.6) is 0 Å². The summed E-state index contributed by atoms with van der Waals surface area (Å²) in [5.74, 6) is 0. The average molecular weight is 267 g/mol. The van der Waals surface area contributed by atoms with E-state index in [9.17, 15) is 0 Å². The van der Waals surface area contributed by atoms with E-state index in [1.807, 2.05) is 0 Å². The van der Waals surface area contributed by atoms with E-state index in [1.54, 1.807) is 0 Å². The molecule has 3 fully saturated rings. The SMILES string of the molecule is C1CC(N2CCC3(CCNC3)CC2)C1.Cl.Cl. The smallest absolute Gasteiger partial charge is 0.00952 e. The molecule has 96 valence electrons. The van der Waals surface area contributed by atoms with Gasteiger partial charge in [0.2, 0.25) is 0 Å². The highest BCUT2D eigenvalue weighted by Crippen LogP contribution is 2.39. The van der Waals surface area contributed by atoms with Crippen molar-refractivity contribution in [3.05, 3.63) is 0 Å². The molecule has 1 aliphatic carbocycles. The van der Waals surface area contributed by atoms with E-state index in [0.717, 1.165) is 6.04 Å². The van der Waals surface area contributed by atoms with Gasteiger partial charge in [-0.3, -0.25) is 0 Å². The lowest BCUT2D eigenvalue weighted by Gasteiger charge is -2.45. The van der Waals surface area contributed by atoms with E-state index in [2.05, 4.69) is 10.2 Å². The molecule has 2 saturated heterocycles. The third-order valence-electron chi connectivity index (χ3n) is 4.78. The van der Waals surface area contributed by atoms with E-state index in [4.69, 9.17) is 0 Å². The topological polar surface area (TPSA) is 15.3 Å². The molecular formula is C12H24Cl2N2. The van der Waals surface area contributed by atoms with Crippen LogP contribution in [0.15, 0.2) is 0 Å². The van der Waals surface area contributed by atoms with Crippen LogP contribution in [0.4, 0.5) is 0 Å². The Balaban J connectivity index is 0.000000640. The Morgan fingerprint density at radius 1 is 1.00 bits per heavy atom. The number of rotatable bonds is 1. The predicted octanol–water partition coefficient (Wildman–Crippen LogP) is 2.46. The largest absolute Gasteiger partial charge is 0.316 e. The van der Waals surface area contributed by atoms with Gasteiger partial charge in [-0.05, 0) is 57.2 Å². The zero-order chi connectivity index (χ0) is 9.43. The van der Waals surface area contributed by atoms with Gasteiger partial charge in [0, 0.05) is 12.6 Å². The highest BCUT2D eigenvalue weighted by Gasteiger charge is 2.39. The van der Waals surface area contributed by atoms with Crippen molar-refractivity contribution < 1.29 is 0 Å². The van der Waals surface area contributed by atoms with Crippen LogP contribution in [0.1, 0.15) is 38.5 Å². The van der Waals surface area contributed by atoms with Gasteiger partial charge in [-0.25, -0.2) is 0 Å². The first-order chi connectivity index (χ1) is 6.88. The van der Waals surface area contributed by atoms with Gasteiger partial charge in [-0.2, -0.15) is 0 Å². The summed E-state index contributed by atoms with van der Waals surface area (Å²) in [6.45, 7) is 5.33. The fourth-order valence-corrected chi connectivity index (χ4v) is 3.34. The Morgan fingerprint density at radius 3 is 2.12 bits per heavy atom. The van der Waals surface area contributed by atoms with Crippen LogP contribution >= 0.6 is 24.8 Å². The van der Waals surface area contributed by atoms with Crippen LogP contribution in [-0.4, -0.2) is 37.1 Å². The van der Waals surface area contributed by atoms with Crippen LogP contribution < -0.4 is 5.32 Å². The second kappa shape index (κ2) is 5.90. The molecule has 16 heavy (non-hydrogen) atoms. The molecule has 0 amide bonds. The van der Waals surface area contributed by atoms with Gasteiger partial charge in [0.25, 0.3) is 0 Å². The maximum Gasteiger partial charge on any atom is 0.00952 e. The molecule has 1 saturated carbocycles. The maximum atomic E-state index is 3.54. The molecular weight excluding hydrogens is 243 g/mol. The van der Waals surface area contributed by atoms with Crippen molar-refractivity contribution in [3.8, 4) is 0 Å². The third-order valence-corrected chi connectivity index (χ3v) is 4.78. The second-order valence-corrected chi connectivity index (χ2v) is 5.55. The van der Waals surface area contributed by atoms with Gasteiger partial charge >= 0.3 is 0 Å². The van der Waals surface area contributed by atoms with Crippen LogP contribution in [0.3, 0.4) is 0 Å². The monoisotopic (exact) mass is 266 g/mol. The van der Waals surface area contributed by atoms with E-state index >= 15 is 0 Å². The predicted molar refractivity (Wildman–Crippen MR) is 72.9 cm³/mol. The lowest BCUT2D eigenvalue weighted by atomic mass is 9.76. The van der Waals surface area contributed by atoms with Crippen molar-refractivity contribution in [2.24, 2.45) is 5.41 Å². The molecule has 2 nitrogen and oxygen atoms in total. The minimum atomic E-state index is 0. The number of piperidine rings is 1. The molecule has 2 heterocycles. The van der Waals surface area contributed by atoms with Gasteiger partial charge in [0.15, 0.2) is 0 Å². The Hall–Kier alpha value is 0.500. The number of nitrogens with one attached hydrogen (secondary N) is 1. The molecule has 0 unspecified atom stereocenters. The van der Waals surface area contributed by atoms with E-state index < -0.39 is 0 Å². The quantitative estimate of drug-likeness (QED) is 0.785. The van der Waals surface area contributed by atoms with Gasteiger partial charge < -0.3 is 10.2 Å². The Kier molecular flexibility index (Phi) is 5.37. The fraction of sp³-hybridized carbons (Fsp3) is 1.00. The molecule has 0 bridgehead atoms. The van der Waals surface area contributed by atoms with Gasteiger partial charge in [-0.1, -0.05) is 6.42 Å². The number of hydrogen-bond acceptors (Lipinski definition) is 2. The number of halogens is 2. The van der Waals surface area contributed by atoms with Gasteiger partial charge in [0.05, 0.1) is 0 Å². The first kappa shape index (κ1) is 14.6. The molecule has 1 spiro atoms. The van der Waals surface area contributed by atoms with Crippen molar-refractivity contribution in [1.82, 2.24) is 10.2 Å². The molecule has 0 aromatic rings. The maximum absolute atomic E-state index is 3.54. The summed E-state index contributed by atoms with van der Waals surface area (Å²) in [7, 11) is 0. The lowest BCUT2D eigenvalue weighted by molar-refractivity contribution is 0.0517. The number of nitrogens with zero attached hydrogens (tertiary/aromatic N) is 1. The Bertz CT molecular complexity index is 203. The van der Waals surface area contributed by atoms with Crippen molar-refractivity contribution in [2.75, 3.05) is 26.2 Å². The van der Waals surface area contributed by atoms with Crippen molar-refractivity contribution in [2.45, 2.75) is 44.6 Å². The van der Waals surface area contributed by atoms with Gasteiger partial charge in [0.1, 0.15) is 0 Å². The van der Waals surface area contributed by atoms with Crippen LogP contribution in [0, 0.1) is 5.41 Å². The summed E-state index contributed by atoms with van der Waals surface area (Å²) in [5.41, 5.74) is 0.709. The normalized spacial score (nSPS) is 29.2. The highest BCUT2D eigenvalue weighted by molar-refractivity contribution is 5.85. The van der Waals surface area contributed by atoms with Crippen LogP contribution in [0.25, 0.3) is 0 Å². The molecule has 0 aromatic carbocycles. The first-order valence-corrected chi connectivity index (χ1v) is 6.33. The summed E-state index contributed by atoms with van der Waals surface area (Å²) < 4.78 is 0. The lowest BCUT2D eigenvalue weighted by Crippen LogP contribution is -2.48. The Labute approximate surface area is 111 Å². The standard InChI is InChI=1S/C12H22N2.2ClH/c1-2-11(3-1)14-8-5-12(6-9-14)4-7-13-10-12;;/h11,13H,1-10H2;2*1H. The Morgan fingerprint density at radius 2 is 1.69 bits per heavy atom. The highest BCUT2D eigenvalue weighted by atomic mass is 35.5. The molecule has 3 aliphatic rings. The summed E-state index contributed by atoms with van der Waals surface area (Å²) in [4.78, 5) is 2.76. The van der Waals surface area contributed by atoms with Crippen LogP contribution in [-0.2, 0) is 0 Å². The van der Waals surface area contributed by atoms with Crippen molar-refractivity contribution in [3.63, 3.8) is 0 Å². The fourth-order valence-electron chi connectivity index (χ4n) is 3.34. The second-order valence-electron chi connectivity index (χ2n) is 5.55. The van der Waals surface area contributed by atoms with E-state index in [0.29, 0.717) is 5.41 Å². The minimum absolute atomic E-state index is 0. The van der Waals surface area contributed by atoms with Crippen molar-refractivity contribution >= 4 is 24.8 Å². The molecule has 0 radical (unpaired) electrons. The average Bonchev–Trinajstić information content (AvgIpc) is 2.55. The molecule has 4 heteroatoms. The summed E-state index contributed by atoms with van der Waals surface area (Å²) in [6.07, 6.45) is 8.78. The number of hydrogen-bond donors (Lipinski definition) is 1.